The Morgan fingerprint density at radius 2 is 1.63 bits per heavy atom. The summed E-state index contributed by atoms with van der Waals surface area (Å²) in [5.41, 5.74) is 7.29. The number of anilines is 1. The number of rotatable bonds is 22. The molecule has 2 nitrogen and oxygen atoms in total. The van der Waals surface area contributed by atoms with Gasteiger partial charge in [-0.2, -0.15) is 0 Å². The number of unbranched alkanes of at least 4 members (excludes halogenated alkanes) is 2. The molecule has 4 heteroatoms. The lowest BCUT2D eigenvalue weighted by Crippen LogP contribution is -2.50. The maximum Gasteiger partial charge on any atom is 0.249 e. The summed E-state index contributed by atoms with van der Waals surface area (Å²) in [6, 6.07) is 5.38. The zero-order valence-electron chi connectivity index (χ0n) is 39.6. The molecular formula is C56H81BN2S. The van der Waals surface area contributed by atoms with Crippen LogP contribution in [0.3, 0.4) is 0 Å². The summed E-state index contributed by atoms with van der Waals surface area (Å²) in [5, 5.41) is 5.31. The molecule has 1 aromatic carbocycles. The van der Waals surface area contributed by atoms with E-state index in [1.54, 1.807) is 0 Å². The molecule has 2 heterocycles. The van der Waals surface area contributed by atoms with Gasteiger partial charge in [-0.15, -0.1) is 30.5 Å². The van der Waals surface area contributed by atoms with Crippen LogP contribution in [-0.4, -0.2) is 18.8 Å². The monoisotopic (exact) mass is 825 g/mol. The Balaban J connectivity index is 1.99. The molecule has 0 spiro atoms. The van der Waals surface area contributed by atoms with Gasteiger partial charge in [0.2, 0.25) is 6.71 Å². The molecule has 4 rings (SSSR count). The average molecular weight is 825 g/mol. The van der Waals surface area contributed by atoms with Crippen molar-refractivity contribution in [3.63, 3.8) is 0 Å². The van der Waals surface area contributed by atoms with Gasteiger partial charge in [-0.1, -0.05) is 173 Å². The van der Waals surface area contributed by atoms with Gasteiger partial charge in [0.1, 0.15) is 0 Å². The predicted octanol–water partition coefficient (Wildman–Crippen LogP) is 15.8. The summed E-state index contributed by atoms with van der Waals surface area (Å²) in [7, 11) is 0. The molecular weight excluding hydrogens is 744 g/mol. The Hall–Kier alpha value is -3.76. The van der Waals surface area contributed by atoms with Gasteiger partial charge in [0.15, 0.2) is 0 Å². The van der Waals surface area contributed by atoms with Crippen molar-refractivity contribution < 1.29 is 0 Å². The molecule has 4 atom stereocenters. The molecule has 0 bridgehead atoms. The van der Waals surface area contributed by atoms with Crippen molar-refractivity contribution >= 4 is 38.6 Å². The number of nitrogens with one attached hydrogen (secondary N) is 1. The molecule has 0 fully saturated rings. The second-order valence-corrected chi connectivity index (χ2v) is 21.0. The Bertz CT molecular complexity index is 1950. The van der Waals surface area contributed by atoms with Gasteiger partial charge in [0.05, 0.1) is 11.7 Å². The van der Waals surface area contributed by atoms with E-state index in [1.807, 2.05) is 23.5 Å². The van der Waals surface area contributed by atoms with E-state index >= 15 is 0 Å². The highest BCUT2D eigenvalue weighted by atomic mass is 32.1. The van der Waals surface area contributed by atoms with Crippen molar-refractivity contribution in [3.05, 3.63) is 146 Å². The van der Waals surface area contributed by atoms with Crippen LogP contribution in [-0.2, 0) is 10.8 Å². The van der Waals surface area contributed by atoms with Gasteiger partial charge in [-0.25, -0.2) is 0 Å². The average Bonchev–Trinajstić information content (AvgIpc) is 3.58. The Labute approximate surface area is 372 Å². The molecule has 2 aliphatic rings. The van der Waals surface area contributed by atoms with Crippen molar-refractivity contribution in [2.75, 3.05) is 4.90 Å². The predicted molar refractivity (Wildman–Crippen MR) is 274 cm³/mol. The van der Waals surface area contributed by atoms with E-state index in [0.29, 0.717) is 11.8 Å². The van der Waals surface area contributed by atoms with Crippen LogP contribution < -0.4 is 15.0 Å². The van der Waals surface area contributed by atoms with E-state index in [0.717, 1.165) is 38.5 Å². The number of allylic oxidation sites excluding steroid dienone is 9. The normalized spacial score (nSPS) is 20.1. The molecule has 0 amide bonds. The van der Waals surface area contributed by atoms with E-state index < -0.39 is 0 Å². The summed E-state index contributed by atoms with van der Waals surface area (Å²) >= 11 is 2.01. The zero-order chi connectivity index (χ0) is 44.1. The molecule has 324 valence electrons. The lowest BCUT2D eigenvalue weighted by molar-refractivity contribution is 0.332. The molecule has 1 N–H and O–H groups in total. The van der Waals surface area contributed by atoms with Gasteiger partial charge < -0.3 is 10.2 Å². The lowest BCUT2D eigenvalue weighted by Gasteiger charge is -2.43. The summed E-state index contributed by atoms with van der Waals surface area (Å²) in [4.78, 5) is 2.65. The van der Waals surface area contributed by atoms with Crippen LogP contribution in [0.1, 0.15) is 151 Å². The minimum atomic E-state index is -0.0318. The number of thiophene rings is 1. The minimum Gasteiger partial charge on any atom is -0.385 e. The van der Waals surface area contributed by atoms with E-state index in [1.165, 1.54) is 74.8 Å². The Morgan fingerprint density at radius 1 is 0.933 bits per heavy atom. The van der Waals surface area contributed by atoms with E-state index in [4.69, 9.17) is 6.58 Å². The maximum absolute atomic E-state index is 4.78. The molecule has 0 saturated heterocycles. The van der Waals surface area contributed by atoms with E-state index in [9.17, 15) is 0 Å². The maximum atomic E-state index is 4.78. The fourth-order valence-corrected chi connectivity index (χ4v) is 10.00. The van der Waals surface area contributed by atoms with Crippen molar-refractivity contribution in [3.8, 4) is 0 Å². The number of benzene rings is 1. The van der Waals surface area contributed by atoms with Crippen LogP contribution in [0.5, 0.6) is 0 Å². The number of fused-ring (bicyclic) bond motifs is 4. The highest BCUT2D eigenvalue weighted by Gasteiger charge is 2.43. The summed E-state index contributed by atoms with van der Waals surface area (Å²) in [6.07, 6.45) is 40.7. The third kappa shape index (κ3) is 12.7. The Kier molecular flexibility index (Phi) is 18.2. The first-order valence-corrected chi connectivity index (χ1v) is 24.1. The first-order chi connectivity index (χ1) is 28.5. The van der Waals surface area contributed by atoms with Gasteiger partial charge in [0, 0.05) is 27.1 Å². The first-order valence-electron chi connectivity index (χ1n) is 23.3. The summed E-state index contributed by atoms with van der Waals surface area (Å²) in [5.74, 6) is 3.57. The van der Waals surface area contributed by atoms with Crippen molar-refractivity contribution in [1.29, 1.82) is 0 Å². The highest BCUT2D eigenvalue weighted by Crippen LogP contribution is 2.50. The molecule has 1 aliphatic heterocycles. The number of hydrogen-bond donors (Lipinski definition) is 1. The molecule has 4 unspecified atom stereocenters. The Morgan fingerprint density at radius 3 is 2.27 bits per heavy atom. The molecule has 1 aliphatic carbocycles. The third-order valence-corrected chi connectivity index (χ3v) is 14.5. The summed E-state index contributed by atoms with van der Waals surface area (Å²) in [6.45, 7) is 40.8. The van der Waals surface area contributed by atoms with Gasteiger partial charge >= 0.3 is 0 Å². The van der Waals surface area contributed by atoms with Crippen LogP contribution in [0, 0.1) is 17.3 Å². The van der Waals surface area contributed by atoms with Crippen molar-refractivity contribution in [2.45, 2.75) is 163 Å². The molecule has 0 saturated carbocycles. The zero-order valence-corrected chi connectivity index (χ0v) is 40.4. The molecule has 1 aromatic heterocycles. The molecule has 2 aromatic rings. The quantitative estimate of drug-likeness (QED) is 0.0551. The lowest BCUT2D eigenvalue weighted by atomic mass is 9.39. The number of hydrogen-bond acceptors (Lipinski definition) is 3. The largest absolute Gasteiger partial charge is 0.385 e. The van der Waals surface area contributed by atoms with E-state index in [-0.39, 0.29) is 35.0 Å². The van der Waals surface area contributed by atoms with Crippen molar-refractivity contribution in [1.82, 2.24) is 5.32 Å². The second-order valence-electron chi connectivity index (χ2n) is 20.0. The smallest absolute Gasteiger partial charge is 0.249 e. The van der Waals surface area contributed by atoms with Gasteiger partial charge in [-0.3, -0.25) is 0 Å². The van der Waals surface area contributed by atoms with E-state index in [2.05, 4.69) is 184 Å². The fraction of sp³-hybridized carbons (Fsp3) is 0.500. The molecule has 60 heavy (non-hydrogen) atoms. The summed E-state index contributed by atoms with van der Waals surface area (Å²) < 4.78 is 2.82. The fourth-order valence-electron chi connectivity index (χ4n) is 8.67. The standard InChI is InChI=1S/C56H81BN2S/c1-15-20-22-23-24-25-26-27-37-59-50(38-43(7)54(8,9)10)49(41-58-45(19-5)33-28-31-42(6)30-21-16-2)57(36-29-32-44(17-3)18-4)53-52(59)46-39-47-48(40-51(46)60-53)56(13,14)35-34-55(47,11)12/h15,17,19-20,22-24,27-29,31,36-37,39-42,44-45,50,58H,1,3,5,7,16,18,21,25-26,30,32-35,38H2,2,4,6,8-14H3/b22-20-,24-23+,31-28+,36-29+,37-27+,49-41-. The van der Waals surface area contributed by atoms with Crippen LogP contribution >= 0.6 is 11.3 Å². The topological polar surface area (TPSA) is 15.3 Å². The highest BCUT2D eigenvalue weighted by molar-refractivity contribution is 7.31. The van der Waals surface area contributed by atoms with Crippen molar-refractivity contribution in [2.24, 2.45) is 17.3 Å². The third-order valence-electron chi connectivity index (χ3n) is 13.3. The SMILES string of the molecule is C=C/C=C\C=C\CC/C=C/N1c2c(sc3cc4c(cc23)C(C)(C)CCC4(C)C)B(/C=C/CC(C=C)CC)/C(=C\NC(C=C)C/C=C/C(C)CCCC)C1CC(=C)C(C)(C)C. The number of nitrogens with zero attached hydrogens (tertiary/aromatic N) is 1. The second kappa shape index (κ2) is 22.4. The van der Waals surface area contributed by atoms with Gasteiger partial charge in [0.25, 0.3) is 0 Å². The van der Waals surface area contributed by atoms with Crippen LogP contribution in [0.25, 0.3) is 10.1 Å². The van der Waals surface area contributed by atoms with Gasteiger partial charge in [-0.05, 0) is 115 Å². The van der Waals surface area contributed by atoms with Crippen LogP contribution in [0.2, 0.25) is 0 Å². The minimum absolute atomic E-state index is 0.0318. The van der Waals surface area contributed by atoms with Crippen LogP contribution in [0.4, 0.5) is 5.69 Å². The van der Waals surface area contributed by atoms with Crippen LogP contribution in [0.15, 0.2) is 135 Å². The first kappa shape index (κ1) is 48.9. The molecule has 0 radical (unpaired) electrons.